The Morgan fingerprint density at radius 3 is 2.53 bits per heavy atom. The standard InChI is InChI=1S/C11H13NO3/c1-11(2,3)15-8-4-5-9(12-6-8)10(14)7-13/h4-6,14H,1-3H3. The van der Waals surface area contributed by atoms with Gasteiger partial charge in [0.15, 0.2) is 5.94 Å². The first-order chi connectivity index (χ1) is 6.92. The van der Waals surface area contributed by atoms with E-state index in [1.165, 1.54) is 18.2 Å². The Kier molecular flexibility index (Phi) is 3.12. The maximum absolute atomic E-state index is 10.1. The van der Waals surface area contributed by atoms with Crippen molar-refractivity contribution in [2.45, 2.75) is 26.4 Å². The van der Waals surface area contributed by atoms with E-state index in [9.17, 15) is 4.79 Å². The first-order valence-electron chi connectivity index (χ1n) is 4.52. The molecular weight excluding hydrogens is 194 g/mol. The lowest BCUT2D eigenvalue weighted by molar-refractivity contribution is 0.130. The summed E-state index contributed by atoms with van der Waals surface area (Å²) in [5, 5.41) is 9.04. The lowest BCUT2D eigenvalue weighted by Crippen LogP contribution is -2.23. The molecule has 0 fully saturated rings. The molecule has 1 aromatic heterocycles. The predicted molar refractivity (Wildman–Crippen MR) is 56.3 cm³/mol. The van der Waals surface area contributed by atoms with Crippen LogP contribution in [0.15, 0.2) is 18.3 Å². The molecule has 0 aromatic carbocycles. The second kappa shape index (κ2) is 4.15. The number of hydrogen-bond acceptors (Lipinski definition) is 4. The van der Waals surface area contributed by atoms with E-state index < -0.39 is 5.76 Å². The molecule has 1 aromatic rings. The molecule has 0 saturated heterocycles. The number of aliphatic hydroxyl groups excluding tert-OH is 1. The Bertz CT molecular complexity index is 383. The first kappa shape index (κ1) is 11.3. The molecule has 1 rings (SSSR count). The highest BCUT2D eigenvalue weighted by Crippen LogP contribution is 2.17. The average Bonchev–Trinajstić information content (AvgIpc) is 2.15. The third kappa shape index (κ3) is 3.44. The van der Waals surface area contributed by atoms with Crippen LogP contribution in [0.5, 0.6) is 5.75 Å². The number of ether oxygens (including phenoxy) is 1. The highest BCUT2D eigenvalue weighted by atomic mass is 16.5. The Labute approximate surface area is 88.2 Å². The molecule has 0 bridgehead atoms. The van der Waals surface area contributed by atoms with Gasteiger partial charge in [-0.25, -0.2) is 9.78 Å². The van der Waals surface area contributed by atoms with Crippen LogP contribution >= 0.6 is 0 Å². The van der Waals surface area contributed by atoms with Crippen LogP contribution in [-0.2, 0) is 4.79 Å². The van der Waals surface area contributed by atoms with E-state index in [-0.39, 0.29) is 11.3 Å². The molecule has 0 aliphatic rings. The van der Waals surface area contributed by atoms with Crippen LogP contribution in [0.1, 0.15) is 26.5 Å². The number of nitrogens with zero attached hydrogens (tertiary/aromatic N) is 1. The highest BCUT2D eigenvalue weighted by molar-refractivity contribution is 5.80. The van der Waals surface area contributed by atoms with Gasteiger partial charge in [0.1, 0.15) is 17.0 Å². The van der Waals surface area contributed by atoms with Crippen LogP contribution in [0.4, 0.5) is 0 Å². The first-order valence-corrected chi connectivity index (χ1v) is 4.52. The predicted octanol–water partition coefficient (Wildman–Crippen LogP) is 1.99. The van der Waals surface area contributed by atoms with E-state index in [1.807, 2.05) is 20.8 Å². The number of carbonyl (C=O) groups excluding carboxylic acids is 1. The van der Waals surface area contributed by atoms with Crippen LogP contribution in [0.2, 0.25) is 0 Å². The molecule has 0 atom stereocenters. The molecule has 0 unspecified atom stereocenters. The Balaban J connectivity index is 2.86. The Hall–Kier alpha value is -1.80. The average molecular weight is 207 g/mol. The van der Waals surface area contributed by atoms with Crippen LogP contribution in [0.25, 0.3) is 5.76 Å². The van der Waals surface area contributed by atoms with E-state index in [0.29, 0.717) is 5.75 Å². The van der Waals surface area contributed by atoms with Crippen molar-refractivity contribution in [3.8, 4) is 5.75 Å². The van der Waals surface area contributed by atoms with Gasteiger partial charge in [0.05, 0.1) is 6.20 Å². The zero-order valence-corrected chi connectivity index (χ0v) is 8.94. The molecule has 4 nitrogen and oxygen atoms in total. The third-order valence-corrected chi connectivity index (χ3v) is 1.50. The molecule has 1 heterocycles. The molecule has 0 aliphatic carbocycles. The maximum Gasteiger partial charge on any atom is 0.227 e. The van der Waals surface area contributed by atoms with Crippen molar-refractivity contribution in [2.24, 2.45) is 0 Å². The van der Waals surface area contributed by atoms with E-state index in [1.54, 1.807) is 6.07 Å². The quantitative estimate of drug-likeness (QED) is 0.595. The SMILES string of the molecule is CC(C)(C)Oc1ccc(C(O)=C=O)nc1. The number of rotatable bonds is 2. The van der Waals surface area contributed by atoms with E-state index in [0.717, 1.165) is 0 Å². The fourth-order valence-corrected chi connectivity index (χ4v) is 0.987. The minimum Gasteiger partial charge on any atom is -0.497 e. The molecule has 80 valence electrons. The van der Waals surface area contributed by atoms with Gasteiger partial charge in [0.25, 0.3) is 0 Å². The summed E-state index contributed by atoms with van der Waals surface area (Å²) >= 11 is 0. The van der Waals surface area contributed by atoms with Crippen molar-refractivity contribution < 1.29 is 14.6 Å². The fourth-order valence-electron chi connectivity index (χ4n) is 0.987. The summed E-state index contributed by atoms with van der Waals surface area (Å²) in [6.07, 6.45) is 1.45. The van der Waals surface area contributed by atoms with Crippen LogP contribution in [0, 0.1) is 0 Å². The van der Waals surface area contributed by atoms with Gasteiger partial charge in [-0.2, -0.15) is 0 Å². The van der Waals surface area contributed by atoms with Crippen molar-refractivity contribution >= 4 is 11.7 Å². The van der Waals surface area contributed by atoms with Crippen molar-refractivity contribution in [2.75, 3.05) is 0 Å². The van der Waals surface area contributed by atoms with Gasteiger partial charge >= 0.3 is 0 Å². The fraction of sp³-hybridized carbons (Fsp3) is 0.364. The van der Waals surface area contributed by atoms with Crippen molar-refractivity contribution in [1.29, 1.82) is 0 Å². The normalized spacial score (nSPS) is 10.6. The minimum atomic E-state index is -0.502. The van der Waals surface area contributed by atoms with Crippen LogP contribution in [-0.4, -0.2) is 21.6 Å². The molecule has 0 radical (unpaired) electrons. The van der Waals surface area contributed by atoms with E-state index >= 15 is 0 Å². The second-order valence-corrected chi connectivity index (χ2v) is 4.04. The molecule has 0 spiro atoms. The van der Waals surface area contributed by atoms with Crippen molar-refractivity contribution in [1.82, 2.24) is 4.98 Å². The van der Waals surface area contributed by atoms with Gasteiger partial charge in [-0.15, -0.1) is 0 Å². The maximum atomic E-state index is 10.1. The summed E-state index contributed by atoms with van der Waals surface area (Å²) in [7, 11) is 0. The van der Waals surface area contributed by atoms with Gasteiger partial charge in [0.2, 0.25) is 5.76 Å². The lowest BCUT2D eigenvalue weighted by atomic mass is 10.2. The van der Waals surface area contributed by atoms with Crippen molar-refractivity contribution in [3.05, 3.63) is 24.0 Å². The topological polar surface area (TPSA) is 59.4 Å². The second-order valence-electron chi connectivity index (χ2n) is 4.04. The van der Waals surface area contributed by atoms with Crippen molar-refractivity contribution in [3.63, 3.8) is 0 Å². The molecule has 4 heteroatoms. The summed E-state index contributed by atoms with van der Waals surface area (Å²) in [5.74, 6) is 1.45. The highest BCUT2D eigenvalue weighted by Gasteiger charge is 2.12. The largest absolute Gasteiger partial charge is 0.497 e. The monoisotopic (exact) mass is 207 g/mol. The molecule has 0 aliphatic heterocycles. The third-order valence-electron chi connectivity index (χ3n) is 1.50. The zero-order valence-electron chi connectivity index (χ0n) is 8.94. The summed E-state index contributed by atoms with van der Waals surface area (Å²) in [4.78, 5) is 14.0. The summed E-state index contributed by atoms with van der Waals surface area (Å²) in [5.41, 5.74) is -0.114. The summed E-state index contributed by atoms with van der Waals surface area (Å²) in [6.45, 7) is 5.76. The molecule has 0 saturated carbocycles. The smallest absolute Gasteiger partial charge is 0.227 e. The van der Waals surface area contributed by atoms with Gasteiger partial charge in [-0.1, -0.05) is 0 Å². The van der Waals surface area contributed by atoms with Gasteiger partial charge in [0, 0.05) is 0 Å². The van der Waals surface area contributed by atoms with E-state index in [4.69, 9.17) is 9.84 Å². The number of aromatic nitrogens is 1. The van der Waals surface area contributed by atoms with Gasteiger partial charge in [-0.3, -0.25) is 0 Å². The number of pyridine rings is 1. The Morgan fingerprint density at radius 2 is 2.13 bits per heavy atom. The van der Waals surface area contributed by atoms with Crippen LogP contribution < -0.4 is 4.74 Å². The minimum absolute atomic E-state index is 0.186. The lowest BCUT2D eigenvalue weighted by Gasteiger charge is -2.20. The Morgan fingerprint density at radius 1 is 1.47 bits per heavy atom. The van der Waals surface area contributed by atoms with Gasteiger partial charge in [-0.05, 0) is 32.9 Å². The molecule has 0 amide bonds. The summed E-state index contributed by atoms with van der Waals surface area (Å²) in [6, 6.07) is 3.14. The molecule has 1 N–H and O–H groups in total. The number of aliphatic hydroxyl groups is 1. The zero-order chi connectivity index (χ0) is 11.5. The van der Waals surface area contributed by atoms with Gasteiger partial charge < -0.3 is 9.84 Å². The molecule has 15 heavy (non-hydrogen) atoms. The van der Waals surface area contributed by atoms with Crippen LogP contribution in [0.3, 0.4) is 0 Å². The number of hydrogen-bond donors (Lipinski definition) is 1. The molecular formula is C11H13NO3. The van der Waals surface area contributed by atoms with E-state index in [2.05, 4.69) is 4.98 Å². The summed E-state index contributed by atoms with van der Waals surface area (Å²) < 4.78 is 5.52.